The van der Waals surface area contributed by atoms with Crippen molar-refractivity contribution in [3.05, 3.63) is 47.1 Å². The van der Waals surface area contributed by atoms with E-state index in [1.807, 2.05) is 20.8 Å². The van der Waals surface area contributed by atoms with Gasteiger partial charge in [-0.1, -0.05) is 32.1 Å². The summed E-state index contributed by atoms with van der Waals surface area (Å²) in [6, 6.07) is 0. The van der Waals surface area contributed by atoms with Crippen LogP contribution in [0.15, 0.2) is 34.3 Å². The minimum absolute atomic E-state index is 0.739. The zero-order chi connectivity index (χ0) is 18.8. The first-order valence-corrected chi connectivity index (χ1v) is 10.6. The second-order valence-electron chi connectivity index (χ2n) is 6.25. The molecule has 0 atom stereocenters. The van der Waals surface area contributed by atoms with Gasteiger partial charge in [-0.3, -0.25) is 0 Å². The molecule has 3 heterocycles. The summed E-state index contributed by atoms with van der Waals surface area (Å²) in [7, 11) is 0. The zero-order valence-electron chi connectivity index (χ0n) is 16.5. The minimum Gasteiger partial charge on any atom is -0.444 e. The molecule has 2 aromatic rings. The van der Waals surface area contributed by atoms with Crippen LogP contribution < -0.4 is 4.90 Å². The van der Waals surface area contributed by atoms with Crippen LogP contribution in [0.25, 0.3) is 5.57 Å². The first kappa shape index (κ1) is 20.4. The molecule has 0 unspecified atom stereocenters. The molecular weight excluding hydrogens is 342 g/mol. The highest BCUT2D eigenvalue weighted by Crippen LogP contribution is 2.23. The van der Waals surface area contributed by atoms with Crippen LogP contribution in [0.3, 0.4) is 0 Å². The van der Waals surface area contributed by atoms with Gasteiger partial charge in [0, 0.05) is 24.0 Å². The Morgan fingerprint density at radius 3 is 2.31 bits per heavy atom. The molecule has 2 aliphatic rings. The molecule has 0 bridgehead atoms. The number of nitrogens with zero attached hydrogens (tertiary/aromatic N) is 3. The Balaban J connectivity index is 0.000000171. The van der Waals surface area contributed by atoms with Crippen LogP contribution in [0.5, 0.6) is 0 Å². The molecule has 2 aromatic heterocycles. The fourth-order valence-corrected chi connectivity index (χ4v) is 3.69. The molecule has 5 heteroatoms. The number of hydrogen-bond acceptors (Lipinski definition) is 5. The Hall–Kier alpha value is -1.88. The smallest absolute Gasteiger partial charge is 0.225 e. The lowest BCUT2D eigenvalue weighted by Crippen LogP contribution is -2.29. The molecular formula is C21H31N3OS. The van der Waals surface area contributed by atoms with Crippen molar-refractivity contribution in [3.8, 4) is 0 Å². The average Bonchev–Trinajstić information content (AvgIpc) is 3.34. The second kappa shape index (κ2) is 11.0. The first-order valence-electron chi connectivity index (χ1n) is 9.68. The molecule has 1 aliphatic carbocycles. The number of allylic oxidation sites excluding steroid dienone is 4. The van der Waals surface area contributed by atoms with Gasteiger partial charge in [0.15, 0.2) is 5.13 Å². The highest BCUT2D eigenvalue weighted by Gasteiger charge is 2.12. The number of rotatable bonds is 2. The number of aryl methyl sites for hydroxylation is 2. The minimum atomic E-state index is 0.739. The Bertz CT molecular complexity index is 708. The van der Waals surface area contributed by atoms with Gasteiger partial charge < -0.3 is 9.32 Å². The lowest BCUT2D eigenvalue weighted by molar-refractivity contribution is 0.542. The number of piperidine rings is 1. The first-order chi connectivity index (χ1) is 12.7. The predicted molar refractivity (Wildman–Crippen MR) is 112 cm³/mol. The Morgan fingerprint density at radius 1 is 1.00 bits per heavy atom. The van der Waals surface area contributed by atoms with Crippen molar-refractivity contribution < 1.29 is 4.42 Å². The Kier molecular flexibility index (Phi) is 8.62. The van der Waals surface area contributed by atoms with Crippen LogP contribution >= 0.6 is 11.3 Å². The van der Waals surface area contributed by atoms with Crippen LogP contribution in [0.1, 0.15) is 63.2 Å². The number of oxazole rings is 1. The van der Waals surface area contributed by atoms with Crippen molar-refractivity contribution in [2.24, 2.45) is 0 Å². The topological polar surface area (TPSA) is 42.2 Å². The van der Waals surface area contributed by atoms with Crippen LogP contribution in [0.2, 0.25) is 0 Å². The summed E-state index contributed by atoms with van der Waals surface area (Å²) in [5, 5.41) is 3.34. The van der Waals surface area contributed by atoms with Gasteiger partial charge in [-0.25, -0.2) is 9.97 Å². The van der Waals surface area contributed by atoms with Gasteiger partial charge in [-0.15, -0.1) is 11.3 Å². The van der Waals surface area contributed by atoms with Crippen molar-refractivity contribution in [2.75, 3.05) is 18.0 Å². The molecule has 0 spiro atoms. The molecule has 4 nitrogen and oxygen atoms in total. The average molecular weight is 374 g/mol. The summed E-state index contributed by atoms with van der Waals surface area (Å²) < 4.78 is 5.27. The number of thiazole rings is 1. The predicted octanol–water partition coefficient (Wildman–Crippen LogP) is 6.18. The molecule has 1 aliphatic heterocycles. The van der Waals surface area contributed by atoms with Crippen molar-refractivity contribution >= 4 is 22.0 Å². The molecule has 0 amide bonds. The fraction of sp³-hybridized carbons (Fsp3) is 0.524. The summed E-state index contributed by atoms with van der Waals surface area (Å²) in [5.41, 5.74) is 3.19. The summed E-state index contributed by atoms with van der Waals surface area (Å²) >= 11 is 1.77. The molecule has 26 heavy (non-hydrogen) atoms. The van der Waals surface area contributed by atoms with Crippen molar-refractivity contribution in [2.45, 2.75) is 59.8 Å². The van der Waals surface area contributed by atoms with E-state index in [9.17, 15) is 0 Å². The SMILES string of the molecule is CC.Cc1coc(C2=CCCC=C2)n1.Cc1csc(N2CCCCC2)n1. The highest BCUT2D eigenvalue weighted by molar-refractivity contribution is 7.13. The number of aromatic nitrogens is 2. The molecule has 0 N–H and O–H groups in total. The van der Waals surface area contributed by atoms with E-state index in [4.69, 9.17) is 4.42 Å². The van der Waals surface area contributed by atoms with E-state index in [2.05, 4.69) is 45.4 Å². The second-order valence-corrected chi connectivity index (χ2v) is 7.09. The van der Waals surface area contributed by atoms with E-state index in [1.54, 1.807) is 17.6 Å². The van der Waals surface area contributed by atoms with Crippen LogP contribution in [-0.4, -0.2) is 23.1 Å². The molecule has 0 saturated carbocycles. The third-order valence-electron chi connectivity index (χ3n) is 4.09. The molecule has 4 rings (SSSR count). The van der Waals surface area contributed by atoms with E-state index < -0.39 is 0 Å². The third kappa shape index (κ3) is 6.13. The Morgan fingerprint density at radius 2 is 1.77 bits per heavy atom. The maximum absolute atomic E-state index is 5.27. The van der Waals surface area contributed by atoms with Crippen molar-refractivity contribution in [1.29, 1.82) is 0 Å². The zero-order valence-corrected chi connectivity index (χ0v) is 17.3. The van der Waals surface area contributed by atoms with Gasteiger partial charge in [0.2, 0.25) is 5.89 Å². The van der Waals surface area contributed by atoms with E-state index in [1.165, 1.54) is 37.5 Å². The number of anilines is 1. The Labute approximate surface area is 161 Å². The summed E-state index contributed by atoms with van der Waals surface area (Å²) in [5.74, 6) is 0.739. The lowest BCUT2D eigenvalue weighted by Gasteiger charge is -2.25. The lowest BCUT2D eigenvalue weighted by atomic mass is 10.1. The normalized spacial score (nSPS) is 16.2. The van der Waals surface area contributed by atoms with E-state index in [-0.39, 0.29) is 0 Å². The highest BCUT2D eigenvalue weighted by atomic mass is 32.1. The van der Waals surface area contributed by atoms with Crippen LogP contribution in [0.4, 0.5) is 5.13 Å². The maximum atomic E-state index is 5.27. The standard InChI is InChI=1S/C10H11NO.C9H14N2S.C2H6/c1-8-7-12-10(11-8)9-5-3-2-4-6-9;1-8-7-12-9(10-8)11-5-3-2-4-6-11;1-2/h3,5-7H,2,4H2,1H3;7H,2-6H2,1H3;1-2H3. The molecule has 142 valence electrons. The van der Waals surface area contributed by atoms with Crippen molar-refractivity contribution in [1.82, 2.24) is 9.97 Å². The fourth-order valence-electron chi connectivity index (χ4n) is 2.83. The van der Waals surface area contributed by atoms with Gasteiger partial charge in [0.25, 0.3) is 0 Å². The van der Waals surface area contributed by atoms with Gasteiger partial charge >= 0.3 is 0 Å². The summed E-state index contributed by atoms with van der Waals surface area (Å²) in [6.07, 6.45) is 14.3. The molecule has 0 radical (unpaired) electrons. The number of hydrogen-bond donors (Lipinski definition) is 0. The van der Waals surface area contributed by atoms with Gasteiger partial charge in [0.05, 0.1) is 11.4 Å². The largest absolute Gasteiger partial charge is 0.444 e. The van der Waals surface area contributed by atoms with Crippen LogP contribution in [0, 0.1) is 13.8 Å². The third-order valence-corrected chi connectivity index (χ3v) is 5.11. The molecule has 0 aromatic carbocycles. The van der Waals surface area contributed by atoms with Crippen molar-refractivity contribution in [3.63, 3.8) is 0 Å². The van der Waals surface area contributed by atoms with E-state index in [0.717, 1.165) is 35.7 Å². The van der Waals surface area contributed by atoms with Gasteiger partial charge in [0.1, 0.15) is 6.26 Å². The van der Waals surface area contributed by atoms with Gasteiger partial charge in [-0.05, 0) is 46.0 Å². The summed E-state index contributed by atoms with van der Waals surface area (Å²) in [6.45, 7) is 10.4. The quantitative estimate of drug-likeness (QED) is 0.630. The van der Waals surface area contributed by atoms with Crippen LogP contribution in [-0.2, 0) is 0 Å². The van der Waals surface area contributed by atoms with Gasteiger partial charge in [-0.2, -0.15) is 0 Å². The maximum Gasteiger partial charge on any atom is 0.225 e. The van der Waals surface area contributed by atoms with E-state index >= 15 is 0 Å². The monoisotopic (exact) mass is 373 g/mol. The van der Waals surface area contributed by atoms with E-state index in [0.29, 0.717) is 0 Å². The molecule has 1 fully saturated rings. The summed E-state index contributed by atoms with van der Waals surface area (Å²) in [4.78, 5) is 11.1. The molecule has 1 saturated heterocycles.